The second kappa shape index (κ2) is 5.03. The molecule has 0 aromatic heterocycles. The van der Waals surface area contributed by atoms with E-state index in [0.29, 0.717) is 5.56 Å². The lowest BCUT2D eigenvalue weighted by Crippen LogP contribution is -2.20. The molecule has 1 nitrogen and oxygen atoms in total. The lowest BCUT2D eigenvalue weighted by atomic mass is 9.94. The van der Waals surface area contributed by atoms with Crippen molar-refractivity contribution in [1.82, 2.24) is 0 Å². The SMILES string of the molecule is Cc1ccc(C(CN)C(F)F)c(C)c1Br. The van der Waals surface area contributed by atoms with Crippen molar-refractivity contribution in [2.24, 2.45) is 5.73 Å². The first-order valence-electron chi connectivity index (χ1n) is 4.72. The highest BCUT2D eigenvalue weighted by Gasteiger charge is 2.23. The van der Waals surface area contributed by atoms with Crippen LogP contribution in [-0.2, 0) is 0 Å². The van der Waals surface area contributed by atoms with Crippen molar-refractivity contribution in [3.8, 4) is 0 Å². The minimum absolute atomic E-state index is 0.0337. The van der Waals surface area contributed by atoms with Crippen molar-refractivity contribution in [2.75, 3.05) is 6.54 Å². The largest absolute Gasteiger partial charge is 0.330 e. The highest BCUT2D eigenvalue weighted by Crippen LogP contribution is 2.31. The maximum atomic E-state index is 12.7. The molecule has 1 aromatic rings. The van der Waals surface area contributed by atoms with E-state index in [1.54, 1.807) is 6.07 Å². The van der Waals surface area contributed by atoms with Crippen LogP contribution in [-0.4, -0.2) is 13.0 Å². The minimum Gasteiger partial charge on any atom is -0.330 e. The van der Waals surface area contributed by atoms with Crippen molar-refractivity contribution in [2.45, 2.75) is 26.2 Å². The van der Waals surface area contributed by atoms with Crippen LogP contribution in [0.15, 0.2) is 16.6 Å². The van der Waals surface area contributed by atoms with Crippen LogP contribution in [0.1, 0.15) is 22.6 Å². The molecule has 0 fully saturated rings. The Kier molecular flexibility index (Phi) is 4.22. The van der Waals surface area contributed by atoms with Crippen LogP contribution < -0.4 is 5.73 Å². The van der Waals surface area contributed by atoms with Crippen molar-refractivity contribution >= 4 is 15.9 Å². The number of nitrogens with two attached hydrogens (primary N) is 1. The van der Waals surface area contributed by atoms with Crippen LogP contribution in [0, 0.1) is 13.8 Å². The summed E-state index contributed by atoms with van der Waals surface area (Å²) in [5.74, 6) is -0.873. The Morgan fingerprint density at radius 1 is 1.33 bits per heavy atom. The second-order valence-electron chi connectivity index (χ2n) is 3.59. The summed E-state index contributed by atoms with van der Waals surface area (Å²) in [5, 5.41) is 0. The summed E-state index contributed by atoms with van der Waals surface area (Å²) >= 11 is 3.39. The van der Waals surface area contributed by atoms with Crippen molar-refractivity contribution in [1.29, 1.82) is 0 Å². The van der Waals surface area contributed by atoms with E-state index in [-0.39, 0.29) is 6.54 Å². The van der Waals surface area contributed by atoms with Crippen molar-refractivity contribution in [3.05, 3.63) is 33.3 Å². The van der Waals surface area contributed by atoms with E-state index in [1.165, 1.54) is 0 Å². The molecule has 1 aromatic carbocycles. The zero-order chi connectivity index (χ0) is 11.6. The monoisotopic (exact) mass is 277 g/mol. The summed E-state index contributed by atoms with van der Waals surface area (Å²) in [6, 6.07) is 3.57. The van der Waals surface area contributed by atoms with Gasteiger partial charge in [0.25, 0.3) is 0 Å². The number of benzene rings is 1. The third kappa shape index (κ3) is 2.55. The van der Waals surface area contributed by atoms with Crippen molar-refractivity contribution < 1.29 is 8.78 Å². The van der Waals surface area contributed by atoms with Crippen LogP contribution in [0.25, 0.3) is 0 Å². The molecule has 15 heavy (non-hydrogen) atoms. The van der Waals surface area contributed by atoms with Gasteiger partial charge in [0.15, 0.2) is 0 Å². The molecule has 1 atom stereocenters. The van der Waals surface area contributed by atoms with Gasteiger partial charge in [-0.3, -0.25) is 0 Å². The van der Waals surface area contributed by atoms with Crippen LogP contribution in [0.3, 0.4) is 0 Å². The van der Waals surface area contributed by atoms with Gasteiger partial charge in [0, 0.05) is 11.0 Å². The molecule has 1 unspecified atom stereocenters. The molecule has 4 heteroatoms. The Labute approximate surface area is 96.8 Å². The molecule has 0 saturated heterocycles. The zero-order valence-corrected chi connectivity index (χ0v) is 10.3. The summed E-state index contributed by atoms with van der Waals surface area (Å²) in [7, 11) is 0. The van der Waals surface area contributed by atoms with Gasteiger partial charge in [-0.25, -0.2) is 8.78 Å². The highest BCUT2D eigenvalue weighted by molar-refractivity contribution is 9.10. The maximum absolute atomic E-state index is 12.7. The average molecular weight is 278 g/mol. The minimum atomic E-state index is -2.41. The van der Waals surface area contributed by atoms with E-state index in [2.05, 4.69) is 15.9 Å². The number of hydrogen-bond donors (Lipinski definition) is 1. The van der Waals surface area contributed by atoms with Gasteiger partial charge < -0.3 is 5.73 Å². The summed E-state index contributed by atoms with van der Waals surface area (Å²) in [5.41, 5.74) is 7.89. The fourth-order valence-corrected chi connectivity index (χ4v) is 1.96. The number of alkyl halides is 2. The van der Waals surface area contributed by atoms with Crippen molar-refractivity contribution in [3.63, 3.8) is 0 Å². The van der Waals surface area contributed by atoms with Gasteiger partial charge >= 0.3 is 0 Å². The smallest absolute Gasteiger partial charge is 0.246 e. The molecule has 2 N–H and O–H groups in total. The third-order valence-electron chi connectivity index (χ3n) is 2.58. The Hall–Kier alpha value is -0.480. The number of hydrogen-bond acceptors (Lipinski definition) is 1. The molecule has 0 bridgehead atoms. The normalized spacial score (nSPS) is 13.3. The van der Waals surface area contributed by atoms with Gasteiger partial charge in [0.2, 0.25) is 6.43 Å². The number of halogens is 3. The second-order valence-corrected chi connectivity index (χ2v) is 4.38. The molecule has 0 saturated carbocycles. The fraction of sp³-hybridized carbons (Fsp3) is 0.455. The summed E-state index contributed by atoms with van der Waals surface area (Å²) in [6.07, 6.45) is -2.41. The number of aryl methyl sites for hydroxylation is 1. The lowest BCUT2D eigenvalue weighted by Gasteiger charge is -2.18. The molecule has 0 radical (unpaired) electrons. The Bertz CT molecular complexity index is 353. The molecule has 1 rings (SSSR count). The van der Waals surface area contributed by atoms with Gasteiger partial charge in [0.05, 0.1) is 5.92 Å². The van der Waals surface area contributed by atoms with Gasteiger partial charge in [-0.2, -0.15) is 0 Å². The van der Waals surface area contributed by atoms with Gasteiger partial charge in [-0.05, 0) is 30.5 Å². The van der Waals surface area contributed by atoms with Crippen LogP contribution >= 0.6 is 15.9 Å². The molecule has 0 aliphatic heterocycles. The number of rotatable bonds is 3. The first-order chi connectivity index (χ1) is 6.99. The van der Waals surface area contributed by atoms with E-state index >= 15 is 0 Å². The van der Waals surface area contributed by atoms with Crippen LogP contribution in [0.5, 0.6) is 0 Å². The average Bonchev–Trinajstić information content (AvgIpc) is 2.18. The molecule has 0 aliphatic carbocycles. The molecule has 84 valence electrons. The fourth-order valence-electron chi connectivity index (χ4n) is 1.60. The third-order valence-corrected chi connectivity index (χ3v) is 3.80. The molecule has 0 aliphatic rings. The highest BCUT2D eigenvalue weighted by atomic mass is 79.9. The molecule has 0 spiro atoms. The van der Waals surface area contributed by atoms with E-state index in [4.69, 9.17) is 5.73 Å². The first kappa shape index (κ1) is 12.6. The topological polar surface area (TPSA) is 26.0 Å². The summed E-state index contributed by atoms with van der Waals surface area (Å²) < 4.78 is 26.3. The quantitative estimate of drug-likeness (QED) is 0.901. The predicted octanol–water partition coefficient (Wildman–Crippen LogP) is 3.37. The Morgan fingerprint density at radius 2 is 1.93 bits per heavy atom. The van der Waals surface area contributed by atoms with E-state index < -0.39 is 12.3 Å². The zero-order valence-electron chi connectivity index (χ0n) is 8.73. The molecular weight excluding hydrogens is 264 g/mol. The van der Waals surface area contributed by atoms with Gasteiger partial charge in [-0.1, -0.05) is 28.1 Å². The van der Waals surface area contributed by atoms with Crippen LogP contribution in [0.2, 0.25) is 0 Å². The van der Waals surface area contributed by atoms with Crippen LogP contribution in [0.4, 0.5) is 8.78 Å². The standard InChI is InChI=1S/C11H14BrF2N/c1-6-3-4-8(7(2)10(6)12)9(5-15)11(13)14/h3-4,9,11H,5,15H2,1-2H3. The van der Waals surface area contributed by atoms with Gasteiger partial charge in [0.1, 0.15) is 0 Å². The predicted molar refractivity (Wildman–Crippen MR) is 61.4 cm³/mol. The Morgan fingerprint density at radius 3 is 2.40 bits per heavy atom. The summed E-state index contributed by atoms with van der Waals surface area (Å²) in [4.78, 5) is 0. The first-order valence-corrected chi connectivity index (χ1v) is 5.52. The lowest BCUT2D eigenvalue weighted by molar-refractivity contribution is 0.117. The molecule has 0 amide bonds. The maximum Gasteiger partial charge on any atom is 0.246 e. The molecule has 0 heterocycles. The Balaban J connectivity index is 3.19. The van der Waals surface area contributed by atoms with E-state index in [1.807, 2.05) is 19.9 Å². The summed E-state index contributed by atoms with van der Waals surface area (Å²) in [6.45, 7) is 3.73. The van der Waals surface area contributed by atoms with Gasteiger partial charge in [-0.15, -0.1) is 0 Å². The molecular formula is C11H14BrF2N. The van der Waals surface area contributed by atoms with E-state index in [0.717, 1.165) is 15.6 Å². The van der Waals surface area contributed by atoms with E-state index in [9.17, 15) is 8.78 Å².